The molecule has 0 radical (unpaired) electrons. The van der Waals surface area contributed by atoms with E-state index in [1.54, 1.807) is 24.3 Å². The molecule has 0 aliphatic carbocycles. The number of rotatable bonds is 3. The van der Waals surface area contributed by atoms with Crippen LogP contribution in [0.15, 0.2) is 37.0 Å². The minimum Gasteiger partial charge on any atom is -0.299 e. The van der Waals surface area contributed by atoms with Gasteiger partial charge in [0.2, 0.25) is 0 Å². The zero-order valence-electron chi connectivity index (χ0n) is 4.58. The Balaban J connectivity index is 3.41. The van der Waals surface area contributed by atoms with E-state index in [9.17, 15) is 4.79 Å². The Morgan fingerprint density at radius 1 is 1.00 bits per heavy atom. The lowest BCUT2D eigenvalue weighted by Gasteiger charge is -1.65. The lowest BCUT2D eigenvalue weighted by Crippen LogP contribution is -1.54. The second-order valence-electron chi connectivity index (χ2n) is 1.14. The van der Waals surface area contributed by atoms with Crippen molar-refractivity contribution in [1.29, 1.82) is 0 Å². The van der Waals surface area contributed by atoms with Crippen molar-refractivity contribution in [2.45, 2.75) is 0 Å². The topological polar surface area (TPSA) is 17.1 Å². The van der Waals surface area contributed by atoms with Gasteiger partial charge in [0.25, 0.3) is 0 Å². The van der Waals surface area contributed by atoms with Crippen LogP contribution in [0.25, 0.3) is 0 Å². The highest BCUT2D eigenvalue weighted by molar-refractivity contribution is 5.65. The van der Waals surface area contributed by atoms with Crippen molar-refractivity contribution in [2.75, 3.05) is 0 Å². The van der Waals surface area contributed by atoms with Crippen LogP contribution in [0.4, 0.5) is 0 Å². The van der Waals surface area contributed by atoms with E-state index in [0.717, 1.165) is 6.29 Å². The predicted octanol–water partition coefficient (Wildman–Crippen LogP) is 1.48. The lowest BCUT2D eigenvalue weighted by atomic mass is 10.4. The fourth-order valence-corrected chi connectivity index (χ4v) is 0.252. The third-order valence-corrected chi connectivity index (χ3v) is 0.548. The summed E-state index contributed by atoms with van der Waals surface area (Å²) >= 11 is 0. The van der Waals surface area contributed by atoms with Crippen molar-refractivity contribution >= 4 is 6.29 Å². The van der Waals surface area contributed by atoms with E-state index in [1.807, 2.05) is 0 Å². The van der Waals surface area contributed by atoms with E-state index in [2.05, 4.69) is 6.58 Å². The number of allylic oxidation sites excluding steroid dienone is 5. The number of hydrogen-bond acceptors (Lipinski definition) is 1. The molecule has 0 saturated heterocycles. The molecule has 0 atom stereocenters. The van der Waals surface area contributed by atoms with Crippen LogP contribution >= 0.6 is 0 Å². The molecule has 0 aromatic carbocycles. The van der Waals surface area contributed by atoms with Crippen molar-refractivity contribution in [3.05, 3.63) is 37.0 Å². The maximum atomic E-state index is 9.62. The van der Waals surface area contributed by atoms with E-state index in [-0.39, 0.29) is 0 Å². The van der Waals surface area contributed by atoms with Gasteiger partial charge in [-0.05, 0) is 6.08 Å². The molecule has 0 aromatic rings. The molecule has 1 nitrogen and oxygen atoms in total. The quantitative estimate of drug-likeness (QED) is 0.304. The summed E-state index contributed by atoms with van der Waals surface area (Å²) in [5.41, 5.74) is 0. The summed E-state index contributed by atoms with van der Waals surface area (Å²) in [5.74, 6) is 0. The van der Waals surface area contributed by atoms with Gasteiger partial charge in [0.1, 0.15) is 6.29 Å². The summed E-state index contributed by atoms with van der Waals surface area (Å²) in [6.45, 7) is 3.45. The summed E-state index contributed by atoms with van der Waals surface area (Å²) in [7, 11) is 0. The molecule has 1 heteroatoms. The van der Waals surface area contributed by atoms with Crippen LogP contribution in [0.3, 0.4) is 0 Å². The average Bonchev–Trinajstić information content (AvgIpc) is 1.81. The number of aldehydes is 1. The van der Waals surface area contributed by atoms with Crippen LogP contribution < -0.4 is 0 Å². The Kier molecular flexibility index (Phi) is 5.07. The molecule has 0 bridgehead atoms. The molecular weight excluding hydrogens is 100 g/mol. The fraction of sp³-hybridized carbons (Fsp3) is 0. The first-order valence-electron chi connectivity index (χ1n) is 2.31. The van der Waals surface area contributed by atoms with Gasteiger partial charge in [-0.1, -0.05) is 30.9 Å². The van der Waals surface area contributed by atoms with E-state index in [4.69, 9.17) is 0 Å². The van der Waals surface area contributed by atoms with Crippen LogP contribution in [-0.2, 0) is 4.79 Å². The van der Waals surface area contributed by atoms with Crippen LogP contribution in [-0.4, -0.2) is 6.29 Å². The number of carbonyl (C=O) groups is 1. The zero-order valence-corrected chi connectivity index (χ0v) is 4.58. The average molecular weight is 108 g/mol. The molecular formula is C7H8O. The molecule has 0 spiro atoms. The Morgan fingerprint density at radius 2 is 1.62 bits per heavy atom. The van der Waals surface area contributed by atoms with E-state index in [0.29, 0.717) is 0 Å². The van der Waals surface area contributed by atoms with Crippen LogP contribution in [0.1, 0.15) is 0 Å². The molecule has 0 fully saturated rings. The summed E-state index contributed by atoms with van der Waals surface area (Å²) in [5, 5.41) is 0. The normalized spacial score (nSPS) is 10.5. The first kappa shape index (κ1) is 6.89. The van der Waals surface area contributed by atoms with Crippen molar-refractivity contribution in [3.63, 3.8) is 0 Å². The first-order chi connectivity index (χ1) is 3.91. The molecule has 0 amide bonds. The van der Waals surface area contributed by atoms with Crippen LogP contribution in [0, 0.1) is 0 Å². The summed E-state index contributed by atoms with van der Waals surface area (Å²) < 4.78 is 0. The van der Waals surface area contributed by atoms with Gasteiger partial charge >= 0.3 is 0 Å². The second-order valence-corrected chi connectivity index (χ2v) is 1.14. The molecule has 0 N–H and O–H groups in total. The maximum absolute atomic E-state index is 9.62. The van der Waals surface area contributed by atoms with Gasteiger partial charge in [0, 0.05) is 0 Å². The smallest absolute Gasteiger partial charge is 0.142 e. The van der Waals surface area contributed by atoms with E-state index < -0.39 is 0 Å². The Morgan fingerprint density at radius 3 is 2.12 bits per heavy atom. The molecule has 0 heterocycles. The molecule has 0 aromatic heterocycles. The van der Waals surface area contributed by atoms with Crippen molar-refractivity contribution in [1.82, 2.24) is 0 Å². The Bertz CT molecular complexity index is 104. The van der Waals surface area contributed by atoms with Crippen molar-refractivity contribution < 1.29 is 4.79 Å². The molecule has 0 aliphatic heterocycles. The molecule has 0 unspecified atom stereocenters. The third kappa shape index (κ3) is 4.89. The lowest BCUT2D eigenvalue weighted by molar-refractivity contribution is -0.104. The summed E-state index contributed by atoms with van der Waals surface area (Å²) in [4.78, 5) is 9.62. The Hall–Kier alpha value is -1.11. The zero-order chi connectivity index (χ0) is 6.24. The second kappa shape index (κ2) is 5.89. The third-order valence-electron chi connectivity index (χ3n) is 0.548. The van der Waals surface area contributed by atoms with E-state index in [1.165, 1.54) is 6.08 Å². The highest BCUT2D eigenvalue weighted by Crippen LogP contribution is 1.73. The fourth-order valence-electron chi connectivity index (χ4n) is 0.252. The maximum Gasteiger partial charge on any atom is 0.142 e. The molecule has 0 aliphatic rings. The van der Waals surface area contributed by atoms with Gasteiger partial charge in [-0.15, -0.1) is 0 Å². The molecule has 0 saturated carbocycles. The minimum absolute atomic E-state index is 0.730. The first-order valence-corrected chi connectivity index (χ1v) is 2.31. The van der Waals surface area contributed by atoms with Gasteiger partial charge in [-0.2, -0.15) is 0 Å². The van der Waals surface area contributed by atoms with Gasteiger partial charge in [0.05, 0.1) is 0 Å². The molecule has 42 valence electrons. The number of carbonyl (C=O) groups excluding carboxylic acids is 1. The minimum atomic E-state index is 0.730. The van der Waals surface area contributed by atoms with Crippen molar-refractivity contribution in [2.24, 2.45) is 0 Å². The van der Waals surface area contributed by atoms with Gasteiger partial charge in [-0.25, -0.2) is 0 Å². The predicted molar refractivity (Wildman–Crippen MR) is 34.5 cm³/mol. The van der Waals surface area contributed by atoms with E-state index >= 15 is 0 Å². The van der Waals surface area contributed by atoms with Gasteiger partial charge < -0.3 is 0 Å². The monoisotopic (exact) mass is 108 g/mol. The van der Waals surface area contributed by atoms with Crippen LogP contribution in [0.5, 0.6) is 0 Å². The highest BCUT2D eigenvalue weighted by Gasteiger charge is 1.57. The SMILES string of the molecule is C=C/C=C\C=C\C=O. The largest absolute Gasteiger partial charge is 0.299 e. The van der Waals surface area contributed by atoms with Crippen LogP contribution in [0.2, 0.25) is 0 Å². The number of hydrogen-bond donors (Lipinski definition) is 0. The summed E-state index contributed by atoms with van der Waals surface area (Å²) in [6.07, 6.45) is 8.93. The standard InChI is InChI=1S/C7H8O/c1-2-3-4-5-6-7-8/h2-7H,1H2/b4-3-,6-5+. The summed E-state index contributed by atoms with van der Waals surface area (Å²) in [6, 6.07) is 0. The molecule has 8 heavy (non-hydrogen) atoms. The van der Waals surface area contributed by atoms with Gasteiger partial charge in [-0.3, -0.25) is 4.79 Å². The Labute approximate surface area is 49.0 Å². The highest BCUT2D eigenvalue weighted by atomic mass is 16.1. The molecule has 0 rings (SSSR count). The van der Waals surface area contributed by atoms with Gasteiger partial charge in [0.15, 0.2) is 0 Å². The van der Waals surface area contributed by atoms with Crippen molar-refractivity contribution in [3.8, 4) is 0 Å².